The Morgan fingerprint density at radius 2 is 1.89 bits per heavy atom. The van der Waals surface area contributed by atoms with Crippen molar-refractivity contribution in [2.24, 2.45) is 5.10 Å². The van der Waals surface area contributed by atoms with E-state index in [0.717, 1.165) is 33.5 Å². The van der Waals surface area contributed by atoms with Gasteiger partial charge in [0.05, 0.1) is 30.7 Å². The lowest BCUT2D eigenvalue weighted by atomic mass is 10.1. The molecule has 7 heteroatoms. The molecule has 6 nitrogen and oxygen atoms in total. The maximum atomic E-state index is 6.31. The molecule has 140 valence electrons. The average Bonchev–Trinajstić information content (AvgIpc) is 3.07. The summed E-state index contributed by atoms with van der Waals surface area (Å²) in [7, 11) is 1.63. The van der Waals surface area contributed by atoms with Crippen molar-refractivity contribution in [3.05, 3.63) is 71.0 Å². The summed E-state index contributed by atoms with van der Waals surface area (Å²) in [5.41, 5.74) is 10.4. The average molecular weight is 392 g/mol. The number of halogens is 1. The first-order valence-corrected chi connectivity index (χ1v) is 9.02. The van der Waals surface area contributed by atoms with E-state index < -0.39 is 0 Å². The minimum atomic E-state index is 0.280. The first kappa shape index (κ1) is 18.0. The fraction of sp³-hybridized carbons (Fsp3) is 0.0952. The van der Waals surface area contributed by atoms with Gasteiger partial charge in [0.1, 0.15) is 10.9 Å². The molecule has 4 rings (SSSR count). The number of anilines is 1. The van der Waals surface area contributed by atoms with Crippen LogP contribution in [0.3, 0.4) is 0 Å². The number of ether oxygens (including phenoxy) is 1. The monoisotopic (exact) mass is 391 g/mol. The van der Waals surface area contributed by atoms with Gasteiger partial charge in [-0.05, 0) is 49.4 Å². The molecule has 0 fully saturated rings. The van der Waals surface area contributed by atoms with E-state index in [9.17, 15) is 0 Å². The van der Waals surface area contributed by atoms with Crippen molar-refractivity contribution in [2.75, 3.05) is 12.8 Å². The van der Waals surface area contributed by atoms with Gasteiger partial charge < -0.3 is 10.5 Å². The number of aromatic nitrogens is 3. The number of nitrogens with zero attached hydrogens (tertiary/aromatic N) is 4. The third kappa shape index (κ3) is 3.54. The highest BCUT2D eigenvalue weighted by molar-refractivity contribution is 6.32. The second-order valence-electron chi connectivity index (χ2n) is 6.37. The molecule has 2 N–H and O–H groups in total. The Morgan fingerprint density at radius 3 is 2.64 bits per heavy atom. The fourth-order valence-electron chi connectivity index (χ4n) is 2.88. The van der Waals surface area contributed by atoms with Gasteiger partial charge in [-0.3, -0.25) is 0 Å². The number of pyridine rings is 1. The van der Waals surface area contributed by atoms with Gasteiger partial charge in [0.25, 0.3) is 0 Å². The largest absolute Gasteiger partial charge is 0.497 e. The molecule has 2 aromatic carbocycles. The van der Waals surface area contributed by atoms with Crippen LogP contribution in [0, 0.1) is 6.92 Å². The Kier molecular flexibility index (Phi) is 4.71. The van der Waals surface area contributed by atoms with Crippen LogP contribution in [0.5, 0.6) is 5.75 Å². The smallest absolute Gasteiger partial charge is 0.221 e. The summed E-state index contributed by atoms with van der Waals surface area (Å²) in [6, 6.07) is 15.6. The van der Waals surface area contributed by atoms with E-state index in [1.807, 2.05) is 49.4 Å². The van der Waals surface area contributed by atoms with E-state index >= 15 is 0 Å². The lowest BCUT2D eigenvalue weighted by molar-refractivity contribution is 0.415. The minimum Gasteiger partial charge on any atom is -0.497 e. The van der Waals surface area contributed by atoms with E-state index in [1.165, 1.54) is 4.68 Å². The van der Waals surface area contributed by atoms with Crippen LogP contribution in [0.25, 0.3) is 22.2 Å². The molecule has 0 atom stereocenters. The Morgan fingerprint density at radius 1 is 1.11 bits per heavy atom. The molecule has 0 aliphatic heterocycles. The van der Waals surface area contributed by atoms with Crippen molar-refractivity contribution in [3.8, 4) is 17.0 Å². The summed E-state index contributed by atoms with van der Waals surface area (Å²) in [6.45, 7) is 2.04. The maximum Gasteiger partial charge on any atom is 0.221 e. The third-order valence-electron chi connectivity index (χ3n) is 4.37. The van der Waals surface area contributed by atoms with Gasteiger partial charge in [0.2, 0.25) is 5.95 Å². The summed E-state index contributed by atoms with van der Waals surface area (Å²) in [6.07, 6.45) is 3.40. The van der Waals surface area contributed by atoms with Crippen molar-refractivity contribution >= 4 is 34.7 Å². The number of hydrogen-bond donors (Lipinski definition) is 1. The van der Waals surface area contributed by atoms with E-state index in [0.29, 0.717) is 10.7 Å². The molecule has 0 saturated heterocycles. The Balaban J connectivity index is 1.65. The van der Waals surface area contributed by atoms with Crippen molar-refractivity contribution < 1.29 is 4.74 Å². The van der Waals surface area contributed by atoms with Crippen LogP contribution in [0.2, 0.25) is 5.15 Å². The lowest BCUT2D eigenvalue weighted by Crippen LogP contribution is -1.97. The van der Waals surface area contributed by atoms with Crippen LogP contribution >= 0.6 is 11.6 Å². The zero-order valence-corrected chi connectivity index (χ0v) is 16.2. The van der Waals surface area contributed by atoms with Gasteiger partial charge in [0, 0.05) is 16.5 Å². The van der Waals surface area contributed by atoms with E-state index in [-0.39, 0.29) is 5.95 Å². The first-order chi connectivity index (χ1) is 13.5. The normalized spacial score (nSPS) is 11.4. The standard InChI is InChI=1S/C21H18ClN5O/c1-13-3-8-18-15(9-13)10-16(20(22)25-18)11-24-27-12-19(26-21(27)23)14-4-6-17(28-2)7-5-14/h3-12H,1-2H3,(H2,23,26)/b24-11+. The summed E-state index contributed by atoms with van der Waals surface area (Å²) in [4.78, 5) is 8.80. The number of imidazole rings is 1. The second kappa shape index (κ2) is 7.32. The molecule has 0 bridgehead atoms. The van der Waals surface area contributed by atoms with Crippen LogP contribution in [-0.2, 0) is 0 Å². The summed E-state index contributed by atoms with van der Waals surface area (Å²) >= 11 is 6.31. The van der Waals surface area contributed by atoms with Crippen molar-refractivity contribution in [1.82, 2.24) is 14.6 Å². The molecule has 0 saturated carbocycles. The molecule has 0 spiro atoms. The Bertz CT molecular complexity index is 1180. The van der Waals surface area contributed by atoms with Gasteiger partial charge in [-0.1, -0.05) is 23.2 Å². The van der Waals surface area contributed by atoms with Crippen LogP contribution in [-0.4, -0.2) is 28.0 Å². The first-order valence-electron chi connectivity index (χ1n) is 8.64. The van der Waals surface area contributed by atoms with Gasteiger partial charge in [0.15, 0.2) is 0 Å². The maximum absolute atomic E-state index is 6.31. The fourth-order valence-corrected chi connectivity index (χ4v) is 3.08. The number of rotatable bonds is 4. The quantitative estimate of drug-likeness (QED) is 0.409. The van der Waals surface area contributed by atoms with Crippen LogP contribution in [0.15, 0.2) is 59.8 Å². The van der Waals surface area contributed by atoms with E-state index in [1.54, 1.807) is 19.5 Å². The van der Waals surface area contributed by atoms with E-state index in [2.05, 4.69) is 21.1 Å². The SMILES string of the molecule is COc1ccc(-c2cn(/N=C/c3cc4cc(C)ccc4nc3Cl)c(N)n2)cc1. The minimum absolute atomic E-state index is 0.280. The highest BCUT2D eigenvalue weighted by atomic mass is 35.5. The molecule has 0 aliphatic rings. The van der Waals surface area contributed by atoms with Gasteiger partial charge >= 0.3 is 0 Å². The molecular weight excluding hydrogens is 374 g/mol. The molecule has 4 aromatic rings. The van der Waals surface area contributed by atoms with Crippen LogP contribution < -0.4 is 10.5 Å². The lowest BCUT2D eigenvalue weighted by Gasteiger charge is -2.03. The second-order valence-corrected chi connectivity index (χ2v) is 6.72. The number of aryl methyl sites for hydroxylation is 1. The van der Waals surface area contributed by atoms with Crippen molar-refractivity contribution in [1.29, 1.82) is 0 Å². The molecule has 0 amide bonds. The number of methoxy groups -OCH3 is 1. The Hall–Kier alpha value is -3.38. The highest BCUT2D eigenvalue weighted by Crippen LogP contribution is 2.23. The molecular formula is C21H18ClN5O. The summed E-state index contributed by atoms with van der Waals surface area (Å²) < 4.78 is 6.69. The molecule has 0 unspecified atom stereocenters. The zero-order chi connectivity index (χ0) is 19.7. The predicted octanol–water partition coefficient (Wildman–Crippen LogP) is 4.53. The number of nitrogen functional groups attached to an aromatic ring is 1. The molecule has 0 radical (unpaired) electrons. The molecule has 2 aromatic heterocycles. The third-order valence-corrected chi connectivity index (χ3v) is 4.67. The van der Waals surface area contributed by atoms with Crippen LogP contribution in [0.4, 0.5) is 5.95 Å². The molecule has 0 aliphatic carbocycles. The van der Waals surface area contributed by atoms with Crippen molar-refractivity contribution in [2.45, 2.75) is 6.92 Å². The van der Waals surface area contributed by atoms with E-state index in [4.69, 9.17) is 22.1 Å². The Labute approximate surface area is 167 Å². The number of fused-ring (bicyclic) bond motifs is 1. The van der Waals surface area contributed by atoms with Gasteiger partial charge in [-0.25, -0.2) is 14.6 Å². The summed E-state index contributed by atoms with van der Waals surface area (Å²) in [5.74, 6) is 1.06. The predicted molar refractivity (Wildman–Crippen MR) is 113 cm³/mol. The number of benzene rings is 2. The number of hydrogen-bond acceptors (Lipinski definition) is 5. The zero-order valence-electron chi connectivity index (χ0n) is 15.4. The topological polar surface area (TPSA) is 78.3 Å². The van der Waals surface area contributed by atoms with Crippen LogP contribution in [0.1, 0.15) is 11.1 Å². The number of nitrogens with two attached hydrogens (primary N) is 1. The summed E-state index contributed by atoms with van der Waals surface area (Å²) in [5, 5.41) is 5.79. The molecule has 28 heavy (non-hydrogen) atoms. The molecule has 2 heterocycles. The van der Waals surface area contributed by atoms with Crippen molar-refractivity contribution in [3.63, 3.8) is 0 Å². The van der Waals surface area contributed by atoms with Gasteiger partial charge in [-0.15, -0.1) is 0 Å². The highest BCUT2D eigenvalue weighted by Gasteiger charge is 2.08. The van der Waals surface area contributed by atoms with Gasteiger partial charge in [-0.2, -0.15) is 5.10 Å².